The number of carbonyl (C=O) groups excluding carboxylic acids is 1. The molecule has 0 saturated heterocycles. The number of methoxy groups -OCH3 is 1. The number of benzene rings is 1. The molecule has 0 aromatic heterocycles. The second-order valence-electron chi connectivity index (χ2n) is 4.89. The Morgan fingerprint density at radius 1 is 1.50 bits per heavy atom. The van der Waals surface area contributed by atoms with Crippen molar-refractivity contribution in [2.45, 2.75) is 37.5 Å². The van der Waals surface area contributed by atoms with Crippen molar-refractivity contribution in [3.63, 3.8) is 0 Å². The first-order chi connectivity index (χ1) is 9.65. The van der Waals surface area contributed by atoms with Gasteiger partial charge in [-0.05, 0) is 36.8 Å². The van der Waals surface area contributed by atoms with Crippen LogP contribution in [0.2, 0.25) is 0 Å². The smallest absolute Gasteiger partial charge is 0.255 e. The second-order valence-corrected chi connectivity index (χ2v) is 6.40. The minimum Gasteiger partial charge on any atom is -0.507 e. The van der Waals surface area contributed by atoms with Crippen LogP contribution in [0.5, 0.6) is 11.5 Å². The van der Waals surface area contributed by atoms with Gasteiger partial charge in [0, 0.05) is 11.3 Å². The molecule has 1 aliphatic rings. The van der Waals surface area contributed by atoms with Gasteiger partial charge in [-0.1, -0.05) is 13.3 Å². The number of nitrogens with one attached hydrogen (secondary N) is 1. The number of carbonyl (C=O) groups is 1. The fraction of sp³-hybridized carbons (Fsp3) is 0.533. The highest BCUT2D eigenvalue weighted by Gasteiger charge is 2.29. The maximum atomic E-state index is 12.3. The summed E-state index contributed by atoms with van der Waals surface area (Å²) < 4.78 is 5.09. The highest BCUT2D eigenvalue weighted by Crippen LogP contribution is 2.30. The van der Waals surface area contributed by atoms with E-state index in [1.54, 1.807) is 19.2 Å². The first kappa shape index (κ1) is 15.0. The van der Waals surface area contributed by atoms with Crippen molar-refractivity contribution in [1.29, 1.82) is 0 Å². The number of ether oxygens (including phenoxy) is 1. The van der Waals surface area contributed by atoms with Gasteiger partial charge >= 0.3 is 0 Å². The van der Waals surface area contributed by atoms with Crippen LogP contribution in [-0.2, 0) is 0 Å². The van der Waals surface area contributed by atoms with Crippen molar-refractivity contribution in [3.8, 4) is 11.5 Å². The van der Waals surface area contributed by atoms with Crippen molar-refractivity contribution in [3.05, 3.63) is 23.8 Å². The molecule has 1 fully saturated rings. The van der Waals surface area contributed by atoms with E-state index in [1.807, 2.05) is 11.8 Å². The standard InChI is InChI=1S/C15H21NO3S/c1-3-20-14-6-4-5-12(14)16-15(18)11-9-10(19-2)7-8-13(11)17/h7-9,12,14,17H,3-6H2,1-2H3,(H,16,18). The van der Waals surface area contributed by atoms with E-state index in [0.29, 0.717) is 11.0 Å². The molecule has 20 heavy (non-hydrogen) atoms. The lowest BCUT2D eigenvalue weighted by molar-refractivity contribution is 0.0935. The molecule has 0 spiro atoms. The molecule has 1 aromatic rings. The Hall–Kier alpha value is -1.36. The number of phenolic OH excluding ortho intramolecular Hbond substituents is 1. The Bertz CT molecular complexity index is 478. The average molecular weight is 295 g/mol. The Morgan fingerprint density at radius 3 is 3.00 bits per heavy atom. The van der Waals surface area contributed by atoms with Crippen molar-refractivity contribution in [1.82, 2.24) is 5.32 Å². The van der Waals surface area contributed by atoms with Gasteiger partial charge in [0.1, 0.15) is 11.5 Å². The van der Waals surface area contributed by atoms with Gasteiger partial charge in [-0.25, -0.2) is 0 Å². The van der Waals surface area contributed by atoms with Gasteiger partial charge < -0.3 is 15.2 Å². The summed E-state index contributed by atoms with van der Waals surface area (Å²) in [7, 11) is 1.54. The molecule has 5 heteroatoms. The fourth-order valence-electron chi connectivity index (χ4n) is 2.57. The summed E-state index contributed by atoms with van der Waals surface area (Å²) in [6.45, 7) is 2.13. The lowest BCUT2D eigenvalue weighted by Crippen LogP contribution is -2.38. The van der Waals surface area contributed by atoms with Crippen molar-refractivity contribution in [2.24, 2.45) is 0 Å². The average Bonchev–Trinajstić information content (AvgIpc) is 2.87. The third kappa shape index (κ3) is 3.39. The van der Waals surface area contributed by atoms with Crippen LogP contribution in [0, 0.1) is 0 Å². The number of hydrogen-bond donors (Lipinski definition) is 2. The Balaban J connectivity index is 2.08. The van der Waals surface area contributed by atoms with Crippen LogP contribution in [0.25, 0.3) is 0 Å². The third-order valence-corrected chi connectivity index (χ3v) is 4.92. The molecule has 0 aliphatic heterocycles. The number of amides is 1. The minimum atomic E-state index is -0.227. The lowest BCUT2D eigenvalue weighted by atomic mass is 10.1. The first-order valence-electron chi connectivity index (χ1n) is 6.95. The summed E-state index contributed by atoms with van der Waals surface area (Å²) in [6, 6.07) is 4.89. The van der Waals surface area contributed by atoms with Gasteiger partial charge in [-0.15, -0.1) is 0 Å². The largest absolute Gasteiger partial charge is 0.507 e. The molecule has 0 heterocycles. The predicted octanol–water partition coefficient (Wildman–Crippen LogP) is 2.80. The minimum absolute atomic E-state index is 0.0130. The molecular formula is C15H21NO3S. The first-order valence-corrected chi connectivity index (χ1v) is 8.00. The topological polar surface area (TPSA) is 58.6 Å². The van der Waals surface area contributed by atoms with Crippen LogP contribution in [0.3, 0.4) is 0 Å². The molecule has 1 aliphatic carbocycles. The lowest BCUT2D eigenvalue weighted by Gasteiger charge is -2.20. The number of phenols is 1. The van der Waals surface area contributed by atoms with Crippen LogP contribution in [0.1, 0.15) is 36.5 Å². The van der Waals surface area contributed by atoms with Gasteiger partial charge in [-0.2, -0.15) is 11.8 Å². The van der Waals surface area contributed by atoms with E-state index in [-0.39, 0.29) is 23.3 Å². The molecule has 2 rings (SSSR count). The number of hydrogen-bond acceptors (Lipinski definition) is 4. The summed E-state index contributed by atoms with van der Waals surface area (Å²) in [4.78, 5) is 12.3. The zero-order chi connectivity index (χ0) is 14.5. The highest BCUT2D eigenvalue weighted by atomic mass is 32.2. The predicted molar refractivity (Wildman–Crippen MR) is 81.7 cm³/mol. The van der Waals surface area contributed by atoms with Crippen LogP contribution in [0.15, 0.2) is 18.2 Å². The van der Waals surface area contributed by atoms with E-state index in [2.05, 4.69) is 12.2 Å². The SMILES string of the molecule is CCSC1CCCC1NC(=O)c1cc(OC)ccc1O. The Kier molecular flexibility index (Phi) is 5.17. The number of thioether (sulfide) groups is 1. The molecule has 0 bridgehead atoms. The van der Waals surface area contributed by atoms with Gasteiger partial charge in [0.15, 0.2) is 0 Å². The molecule has 0 radical (unpaired) electrons. The maximum absolute atomic E-state index is 12.3. The maximum Gasteiger partial charge on any atom is 0.255 e. The van der Waals surface area contributed by atoms with Crippen molar-refractivity contribution < 1.29 is 14.6 Å². The summed E-state index contributed by atoms with van der Waals surface area (Å²) in [5, 5.41) is 13.4. The van der Waals surface area contributed by atoms with Gasteiger partial charge in [0.05, 0.1) is 12.7 Å². The van der Waals surface area contributed by atoms with E-state index in [4.69, 9.17) is 4.74 Å². The molecule has 110 valence electrons. The van der Waals surface area contributed by atoms with Crippen molar-refractivity contribution in [2.75, 3.05) is 12.9 Å². The van der Waals surface area contributed by atoms with E-state index in [9.17, 15) is 9.90 Å². The zero-order valence-corrected chi connectivity index (χ0v) is 12.7. The summed E-state index contributed by atoms with van der Waals surface area (Å²) in [5.41, 5.74) is 0.275. The number of aromatic hydroxyl groups is 1. The molecule has 2 atom stereocenters. The monoisotopic (exact) mass is 295 g/mol. The van der Waals surface area contributed by atoms with E-state index >= 15 is 0 Å². The molecular weight excluding hydrogens is 274 g/mol. The summed E-state index contributed by atoms with van der Waals surface area (Å²) in [5.74, 6) is 1.39. The number of rotatable bonds is 5. The Morgan fingerprint density at radius 2 is 2.30 bits per heavy atom. The molecule has 4 nitrogen and oxygen atoms in total. The molecule has 2 N–H and O–H groups in total. The van der Waals surface area contributed by atoms with Gasteiger partial charge in [-0.3, -0.25) is 4.79 Å². The molecule has 1 amide bonds. The van der Waals surface area contributed by atoms with Gasteiger partial charge in [0.2, 0.25) is 0 Å². The second kappa shape index (κ2) is 6.88. The molecule has 1 aromatic carbocycles. The van der Waals surface area contributed by atoms with Crippen LogP contribution in [-0.4, -0.2) is 35.2 Å². The van der Waals surface area contributed by atoms with Crippen LogP contribution >= 0.6 is 11.8 Å². The van der Waals surface area contributed by atoms with E-state index < -0.39 is 0 Å². The fourth-order valence-corrected chi connectivity index (χ4v) is 3.77. The summed E-state index contributed by atoms with van der Waals surface area (Å²) >= 11 is 1.89. The summed E-state index contributed by atoms with van der Waals surface area (Å²) in [6.07, 6.45) is 3.30. The normalized spacial score (nSPS) is 21.7. The van der Waals surface area contributed by atoms with E-state index in [0.717, 1.165) is 25.0 Å². The quantitative estimate of drug-likeness (QED) is 0.877. The Labute approximate surface area is 123 Å². The highest BCUT2D eigenvalue weighted by molar-refractivity contribution is 7.99. The zero-order valence-electron chi connectivity index (χ0n) is 11.9. The van der Waals surface area contributed by atoms with Crippen LogP contribution < -0.4 is 10.1 Å². The molecule has 1 saturated carbocycles. The van der Waals surface area contributed by atoms with Gasteiger partial charge in [0.25, 0.3) is 5.91 Å². The molecule has 2 unspecified atom stereocenters. The van der Waals surface area contributed by atoms with Crippen LogP contribution in [0.4, 0.5) is 0 Å². The van der Waals surface area contributed by atoms with Crippen molar-refractivity contribution >= 4 is 17.7 Å². The van der Waals surface area contributed by atoms with E-state index in [1.165, 1.54) is 6.07 Å². The third-order valence-electron chi connectivity index (χ3n) is 3.60.